The Balaban J connectivity index is 2.11. The van der Waals surface area contributed by atoms with E-state index in [9.17, 15) is 0 Å². The second kappa shape index (κ2) is 6.90. The van der Waals surface area contributed by atoms with Crippen LogP contribution in [0.5, 0.6) is 0 Å². The zero-order chi connectivity index (χ0) is 13.7. The molecular formula is C16H18ClNS. The summed E-state index contributed by atoms with van der Waals surface area (Å²) in [5.41, 5.74) is 1.18. The summed E-state index contributed by atoms with van der Waals surface area (Å²) in [4.78, 5) is 2.51. The molecule has 3 heteroatoms. The number of benzene rings is 1. The van der Waals surface area contributed by atoms with Crippen LogP contribution in [0.1, 0.15) is 18.7 Å². The van der Waals surface area contributed by atoms with Crippen molar-refractivity contribution in [3.05, 3.63) is 52.4 Å². The molecule has 19 heavy (non-hydrogen) atoms. The fraction of sp³-hybridized carbons (Fsp3) is 0.250. The van der Waals surface area contributed by atoms with Crippen molar-refractivity contribution in [2.75, 3.05) is 6.54 Å². The molecule has 0 spiro atoms. The Bertz CT molecular complexity index is 559. The molecule has 1 N–H and O–H groups in total. The van der Waals surface area contributed by atoms with Crippen molar-refractivity contribution in [3.8, 4) is 10.4 Å². The third-order valence-electron chi connectivity index (χ3n) is 2.81. The minimum atomic E-state index is 0.404. The number of rotatable bonds is 5. The van der Waals surface area contributed by atoms with Gasteiger partial charge in [-0.15, -0.1) is 11.3 Å². The lowest BCUT2D eigenvalue weighted by atomic mass is 10.2. The summed E-state index contributed by atoms with van der Waals surface area (Å²) in [5, 5.41) is 4.14. The molecule has 2 aromatic rings. The van der Waals surface area contributed by atoms with Crippen molar-refractivity contribution in [1.29, 1.82) is 0 Å². The molecule has 1 atom stereocenters. The normalized spacial score (nSPS) is 13.0. The van der Waals surface area contributed by atoms with Gasteiger partial charge < -0.3 is 5.32 Å². The second-order valence-corrected chi connectivity index (χ2v) is 5.97. The molecule has 1 nitrogen and oxygen atoms in total. The van der Waals surface area contributed by atoms with Gasteiger partial charge in [0.05, 0.1) is 0 Å². The van der Waals surface area contributed by atoms with E-state index in [0.29, 0.717) is 6.04 Å². The highest BCUT2D eigenvalue weighted by Crippen LogP contribution is 2.30. The van der Waals surface area contributed by atoms with E-state index < -0.39 is 0 Å². The second-order valence-electron chi connectivity index (χ2n) is 4.42. The zero-order valence-corrected chi connectivity index (χ0v) is 12.8. The monoisotopic (exact) mass is 291 g/mol. The summed E-state index contributed by atoms with van der Waals surface area (Å²) < 4.78 is 0. The van der Waals surface area contributed by atoms with Gasteiger partial charge in [-0.05, 0) is 49.4 Å². The molecule has 1 unspecified atom stereocenters. The first-order valence-corrected chi connectivity index (χ1v) is 7.66. The molecule has 0 saturated heterocycles. The Hall–Kier alpha value is -1.09. The van der Waals surface area contributed by atoms with Crippen LogP contribution < -0.4 is 5.32 Å². The van der Waals surface area contributed by atoms with E-state index >= 15 is 0 Å². The largest absolute Gasteiger partial charge is 0.311 e. The molecule has 1 aromatic carbocycles. The van der Waals surface area contributed by atoms with E-state index in [1.54, 1.807) is 11.3 Å². The first kappa shape index (κ1) is 14.3. The van der Waals surface area contributed by atoms with Gasteiger partial charge in [-0.1, -0.05) is 36.7 Å². The van der Waals surface area contributed by atoms with E-state index in [2.05, 4.69) is 49.5 Å². The molecule has 0 bridgehead atoms. The molecule has 0 aliphatic heterocycles. The number of likely N-dealkylation sites (N-methyl/N-ethyl adjacent to an activating group) is 1. The number of nitrogens with one attached hydrogen (secondary N) is 1. The predicted octanol–water partition coefficient (Wildman–Crippen LogP) is 5.08. The van der Waals surface area contributed by atoms with Crippen molar-refractivity contribution < 1.29 is 0 Å². The van der Waals surface area contributed by atoms with Crippen LogP contribution in [0.25, 0.3) is 16.5 Å². The van der Waals surface area contributed by atoms with Crippen LogP contribution in [0, 0.1) is 0 Å². The van der Waals surface area contributed by atoms with Crippen LogP contribution >= 0.6 is 22.9 Å². The highest BCUT2D eigenvalue weighted by molar-refractivity contribution is 7.16. The fourth-order valence-corrected chi connectivity index (χ4v) is 2.98. The number of hydrogen-bond acceptors (Lipinski definition) is 2. The van der Waals surface area contributed by atoms with Gasteiger partial charge in [0.2, 0.25) is 0 Å². The Labute approximate surface area is 123 Å². The molecule has 0 fully saturated rings. The average Bonchev–Trinajstić information content (AvgIpc) is 2.85. The SMILES string of the molecule is CCNC(C)/C=C/c1ccc(-c2cccc(Cl)c2)s1. The van der Waals surface area contributed by atoms with E-state index in [1.165, 1.54) is 15.3 Å². The van der Waals surface area contributed by atoms with Crippen LogP contribution in [-0.4, -0.2) is 12.6 Å². The Kier molecular flexibility index (Phi) is 5.20. The molecule has 1 aromatic heterocycles. The van der Waals surface area contributed by atoms with E-state index in [0.717, 1.165) is 11.6 Å². The van der Waals surface area contributed by atoms with E-state index in [1.807, 2.05) is 18.2 Å². The smallest absolute Gasteiger partial charge is 0.0412 e. The maximum Gasteiger partial charge on any atom is 0.0412 e. The summed E-state index contributed by atoms with van der Waals surface area (Å²) in [6.45, 7) is 5.27. The van der Waals surface area contributed by atoms with Crippen molar-refractivity contribution >= 4 is 29.0 Å². The first-order valence-electron chi connectivity index (χ1n) is 6.46. The quantitative estimate of drug-likeness (QED) is 0.810. The Morgan fingerprint density at radius 1 is 1.32 bits per heavy atom. The van der Waals surface area contributed by atoms with Gasteiger partial charge in [0, 0.05) is 20.8 Å². The first-order chi connectivity index (χ1) is 9.19. The minimum absolute atomic E-state index is 0.404. The number of thiophene rings is 1. The average molecular weight is 292 g/mol. The number of halogens is 1. The van der Waals surface area contributed by atoms with Crippen LogP contribution in [0.4, 0.5) is 0 Å². The lowest BCUT2D eigenvalue weighted by Crippen LogP contribution is -2.22. The fourth-order valence-electron chi connectivity index (χ4n) is 1.87. The summed E-state index contributed by atoms with van der Waals surface area (Å²) in [6.07, 6.45) is 4.36. The maximum absolute atomic E-state index is 6.02. The van der Waals surface area contributed by atoms with E-state index in [-0.39, 0.29) is 0 Å². The summed E-state index contributed by atoms with van der Waals surface area (Å²) in [5.74, 6) is 0. The highest BCUT2D eigenvalue weighted by Gasteiger charge is 2.02. The topological polar surface area (TPSA) is 12.0 Å². The standard InChI is InChI=1S/C16H18ClNS/c1-3-18-12(2)7-8-15-9-10-16(19-15)13-5-4-6-14(17)11-13/h4-12,18H,3H2,1-2H3/b8-7+. The molecule has 1 heterocycles. The molecule has 0 saturated carbocycles. The highest BCUT2D eigenvalue weighted by atomic mass is 35.5. The zero-order valence-electron chi connectivity index (χ0n) is 11.2. The van der Waals surface area contributed by atoms with Crippen molar-refractivity contribution in [3.63, 3.8) is 0 Å². The van der Waals surface area contributed by atoms with Gasteiger partial charge in [0.1, 0.15) is 0 Å². The van der Waals surface area contributed by atoms with Crippen LogP contribution in [0.2, 0.25) is 5.02 Å². The van der Waals surface area contributed by atoms with Crippen molar-refractivity contribution in [1.82, 2.24) is 5.32 Å². The third kappa shape index (κ3) is 4.20. The van der Waals surface area contributed by atoms with Crippen molar-refractivity contribution in [2.24, 2.45) is 0 Å². The predicted molar refractivity (Wildman–Crippen MR) is 86.9 cm³/mol. The maximum atomic E-state index is 6.02. The van der Waals surface area contributed by atoms with Crippen LogP contribution in [0.15, 0.2) is 42.5 Å². The summed E-state index contributed by atoms with van der Waals surface area (Å²) in [7, 11) is 0. The van der Waals surface area contributed by atoms with Gasteiger partial charge in [-0.25, -0.2) is 0 Å². The Morgan fingerprint density at radius 3 is 2.89 bits per heavy atom. The molecule has 0 amide bonds. The summed E-state index contributed by atoms with van der Waals surface area (Å²) >= 11 is 7.80. The van der Waals surface area contributed by atoms with Crippen LogP contribution in [-0.2, 0) is 0 Å². The molecular weight excluding hydrogens is 274 g/mol. The van der Waals surface area contributed by atoms with Crippen LogP contribution in [0.3, 0.4) is 0 Å². The molecule has 2 rings (SSSR count). The number of hydrogen-bond donors (Lipinski definition) is 1. The van der Waals surface area contributed by atoms with Gasteiger partial charge in [0.15, 0.2) is 0 Å². The van der Waals surface area contributed by atoms with Gasteiger partial charge in [-0.3, -0.25) is 0 Å². The summed E-state index contributed by atoms with van der Waals surface area (Å²) in [6, 6.07) is 12.7. The molecule has 0 radical (unpaired) electrons. The lowest BCUT2D eigenvalue weighted by molar-refractivity contribution is 0.663. The minimum Gasteiger partial charge on any atom is -0.311 e. The molecule has 0 aliphatic rings. The third-order valence-corrected chi connectivity index (χ3v) is 4.15. The van der Waals surface area contributed by atoms with E-state index in [4.69, 9.17) is 11.6 Å². The van der Waals surface area contributed by atoms with Gasteiger partial charge in [-0.2, -0.15) is 0 Å². The Morgan fingerprint density at radius 2 is 2.16 bits per heavy atom. The van der Waals surface area contributed by atoms with Crippen molar-refractivity contribution in [2.45, 2.75) is 19.9 Å². The molecule has 0 aliphatic carbocycles. The molecule has 100 valence electrons. The van der Waals surface area contributed by atoms with Gasteiger partial charge in [0.25, 0.3) is 0 Å². The lowest BCUT2D eigenvalue weighted by Gasteiger charge is -2.04. The van der Waals surface area contributed by atoms with Gasteiger partial charge >= 0.3 is 0 Å².